The van der Waals surface area contributed by atoms with Crippen LogP contribution in [0.1, 0.15) is 28.3 Å². The molecule has 1 unspecified atom stereocenters. The highest BCUT2D eigenvalue weighted by Crippen LogP contribution is 2.27. The van der Waals surface area contributed by atoms with Gasteiger partial charge in [0.2, 0.25) is 0 Å². The zero-order valence-corrected chi connectivity index (χ0v) is 13.2. The topological polar surface area (TPSA) is 38.0 Å². The van der Waals surface area contributed by atoms with Crippen molar-refractivity contribution in [1.29, 1.82) is 0 Å². The van der Waals surface area contributed by atoms with Crippen molar-refractivity contribution in [1.82, 2.24) is 5.43 Å². The minimum atomic E-state index is -0.245. The van der Waals surface area contributed by atoms with Crippen LogP contribution < -0.4 is 11.3 Å². The van der Waals surface area contributed by atoms with Crippen LogP contribution >= 0.6 is 15.9 Å². The second kappa shape index (κ2) is 6.48. The van der Waals surface area contributed by atoms with Gasteiger partial charge in [-0.2, -0.15) is 0 Å². The van der Waals surface area contributed by atoms with Crippen LogP contribution in [0.2, 0.25) is 0 Å². The van der Waals surface area contributed by atoms with Gasteiger partial charge in [0.1, 0.15) is 5.82 Å². The zero-order chi connectivity index (χ0) is 14.7. The first-order valence-corrected chi connectivity index (χ1v) is 7.28. The Labute approximate surface area is 127 Å². The smallest absolute Gasteiger partial charge is 0.124 e. The van der Waals surface area contributed by atoms with E-state index in [-0.39, 0.29) is 11.9 Å². The molecule has 0 amide bonds. The van der Waals surface area contributed by atoms with Gasteiger partial charge < -0.3 is 0 Å². The molecule has 0 aromatic heterocycles. The van der Waals surface area contributed by atoms with Crippen LogP contribution in [-0.2, 0) is 6.42 Å². The molecule has 0 saturated carbocycles. The van der Waals surface area contributed by atoms with Crippen molar-refractivity contribution in [2.75, 3.05) is 0 Å². The fraction of sp³-hybridized carbons (Fsp3) is 0.250. The van der Waals surface area contributed by atoms with Crippen LogP contribution in [0.3, 0.4) is 0 Å². The maximum atomic E-state index is 13.1. The molecule has 2 nitrogen and oxygen atoms in total. The van der Waals surface area contributed by atoms with Crippen molar-refractivity contribution in [3.8, 4) is 0 Å². The highest BCUT2D eigenvalue weighted by atomic mass is 79.9. The molecule has 3 N–H and O–H groups in total. The van der Waals surface area contributed by atoms with E-state index in [0.717, 1.165) is 10.0 Å². The summed E-state index contributed by atoms with van der Waals surface area (Å²) in [5.74, 6) is 5.49. The van der Waals surface area contributed by atoms with Gasteiger partial charge in [0.15, 0.2) is 0 Å². The van der Waals surface area contributed by atoms with Crippen LogP contribution in [0.4, 0.5) is 4.39 Å². The number of halogens is 2. The number of rotatable bonds is 4. The van der Waals surface area contributed by atoms with Crippen LogP contribution in [0.15, 0.2) is 40.9 Å². The number of nitrogens with two attached hydrogens (primary N) is 1. The first kappa shape index (κ1) is 15.2. The fourth-order valence-electron chi connectivity index (χ4n) is 2.53. The molecule has 0 heterocycles. The molecule has 0 saturated heterocycles. The highest BCUT2D eigenvalue weighted by molar-refractivity contribution is 9.10. The Balaban J connectivity index is 2.34. The Hall–Kier alpha value is -1.23. The molecule has 0 fully saturated rings. The maximum Gasteiger partial charge on any atom is 0.124 e. The van der Waals surface area contributed by atoms with Gasteiger partial charge in [-0.15, -0.1) is 0 Å². The summed E-state index contributed by atoms with van der Waals surface area (Å²) in [5.41, 5.74) is 7.50. The summed E-state index contributed by atoms with van der Waals surface area (Å²) in [4.78, 5) is 0. The van der Waals surface area contributed by atoms with Gasteiger partial charge in [0, 0.05) is 4.47 Å². The third-order valence-electron chi connectivity index (χ3n) is 3.53. The molecule has 0 radical (unpaired) electrons. The molecule has 2 rings (SSSR count). The normalized spacial score (nSPS) is 12.4. The highest BCUT2D eigenvalue weighted by Gasteiger charge is 2.16. The lowest BCUT2D eigenvalue weighted by molar-refractivity contribution is 0.544. The molecule has 2 aromatic carbocycles. The molecular weight excluding hydrogens is 319 g/mol. The molecule has 20 heavy (non-hydrogen) atoms. The van der Waals surface area contributed by atoms with Crippen LogP contribution in [0.25, 0.3) is 0 Å². The molecule has 0 aliphatic rings. The van der Waals surface area contributed by atoms with Gasteiger partial charge in [-0.05, 0) is 54.7 Å². The number of aryl methyl sites for hydroxylation is 2. The van der Waals surface area contributed by atoms with Crippen molar-refractivity contribution < 1.29 is 4.39 Å². The van der Waals surface area contributed by atoms with Crippen LogP contribution in [0, 0.1) is 19.7 Å². The number of hydrazine groups is 1. The van der Waals surface area contributed by atoms with Crippen molar-refractivity contribution in [3.05, 3.63) is 68.9 Å². The van der Waals surface area contributed by atoms with E-state index in [1.807, 2.05) is 6.07 Å². The van der Waals surface area contributed by atoms with E-state index < -0.39 is 0 Å². The average Bonchev–Trinajstić information content (AvgIpc) is 2.39. The monoisotopic (exact) mass is 336 g/mol. The third kappa shape index (κ3) is 3.26. The quantitative estimate of drug-likeness (QED) is 0.655. The summed E-state index contributed by atoms with van der Waals surface area (Å²) in [5, 5.41) is 0. The SMILES string of the molecule is Cc1cccc(C)c1C(Cc1ccc(F)cc1Br)NN. The van der Waals surface area contributed by atoms with Crippen molar-refractivity contribution in [2.24, 2.45) is 5.84 Å². The summed E-state index contributed by atoms with van der Waals surface area (Å²) in [7, 11) is 0. The van der Waals surface area contributed by atoms with Gasteiger partial charge in [-0.1, -0.05) is 40.2 Å². The summed E-state index contributed by atoms with van der Waals surface area (Å²) >= 11 is 3.41. The van der Waals surface area contributed by atoms with Gasteiger partial charge in [-0.25, -0.2) is 4.39 Å². The van der Waals surface area contributed by atoms with E-state index in [0.29, 0.717) is 6.42 Å². The Morgan fingerprint density at radius 1 is 1.20 bits per heavy atom. The third-order valence-corrected chi connectivity index (χ3v) is 4.27. The van der Waals surface area contributed by atoms with E-state index >= 15 is 0 Å². The standard InChI is InChI=1S/C16H18BrFN2/c1-10-4-3-5-11(2)16(10)15(20-19)8-12-6-7-13(18)9-14(12)17/h3-7,9,15,20H,8,19H2,1-2H3. The molecule has 0 spiro atoms. The Morgan fingerprint density at radius 2 is 1.85 bits per heavy atom. The van der Waals surface area contributed by atoms with E-state index in [2.05, 4.69) is 47.3 Å². The van der Waals surface area contributed by atoms with E-state index in [4.69, 9.17) is 5.84 Å². The number of benzene rings is 2. The largest absolute Gasteiger partial charge is 0.271 e. The minimum absolute atomic E-state index is 0.00189. The number of hydrogen-bond acceptors (Lipinski definition) is 2. The number of hydrogen-bond donors (Lipinski definition) is 2. The Morgan fingerprint density at radius 3 is 2.40 bits per heavy atom. The second-order valence-electron chi connectivity index (χ2n) is 4.96. The summed E-state index contributed by atoms with van der Waals surface area (Å²) in [6, 6.07) is 10.9. The van der Waals surface area contributed by atoms with Crippen molar-refractivity contribution in [2.45, 2.75) is 26.3 Å². The Kier molecular flexibility index (Phi) is 4.91. The molecule has 2 aromatic rings. The first-order chi connectivity index (χ1) is 9.52. The summed E-state index contributed by atoms with van der Waals surface area (Å²) in [6.07, 6.45) is 0.697. The molecule has 1 atom stereocenters. The zero-order valence-electron chi connectivity index (χ0n) is 11.6. The predicted molar refractivity (Wildman–Crippen MR) is 83.8 cm³/mol. The van der Waals surface area contributed by atoms with Crippen LogP contribution in [-0.4, -0.2) is 0 Å². The first-order valence-electron chi connectivity index (χ1n) is 6.49. The van der Waals surface area contributed by atoms with Gasteiger partial charge in [0.05, 0.1) is 6.04 Å². The van der Waals surface area contributed by atoms with Crippen LogP contribution in [0.5, 0.6) is 0 Å². The van der Waals surface area contributed by atoms with Gasteiger partial charge in [0.25, 0.3) is 0 Å². The molecule has 0 aliphatic carbocycles. The van der Waals surface area contributed by atoms with Crippen molar-refractivity contribution >= 4 is 15.9 Å². The lowest BCUT2D eigenvalue weighted by Gasteiger charge is -2.21. The molecular formula is C16H18BrFN2. The fourth-order valence-corrected chi connectivity index (χ4v) is 3.04. The van der Waals surface area contributed by atoms with E-state index in [9.17, 15) is 4.39 Å². The maximum absolute atomic E-state index is 13.1. The minimum Gasteiger partial charge on any atom is -0.271 e. The van der Waals surface area contributed by atoms with Gasteiger partial charge >= 0.3 is 0 Å². The molecule has 106 valence electrons. The number of nitrogens with one attached hydrogen (secondary N) is 1. The van der Waals surface area contributed by atoms with E-state index in [1.165, 1.54) is 28.8 Å². The van der Waals surface area contributed by atoms with Crippen molar-refractivity contribution in [3.63, 3.8) is 0 Å². The van der Waals surface area contributed by atoms with Gasteiger partial charge in [-0.3, -0.25) is 11.3 Å². The Bertz CT molecular complexity index is 593. The lowest BCUT2D eigenvalue weighted by atomic mass is 9.92. The summed E-state index contributed by atoms with van der Waals surface area (Å²) < 4.78 is 13.9. The second-order valence-corrected chi connectivity index (χ2v) is 5.82. The summed E-state index contributed by atoms with van der Waals surface area (Å²) in [6.45, 7) is 4.15. The molecule has 0 aliphatic heterocycles. The van der Waals surface area contributed by atoms with E-state index in [1.54, 1.807) is 6.07 Å². The lowest BCUT2D eigenvalue weighted by Crippen LogP contribution is -2.30. The predicted octanol–water partition coefficient (Wildman–Crippen LogP) is 3.95. The average molecular weight is 337 g/mol. The molecule has 4 heteroatoms. The molecule has 0 bridgehead atoms.